The molecule has 0 saturated carbocycles. The number of aromatic nitrogens is 2. The molecule has 0 aliphatic carbocycles. The Morgan fingerprint density at radius 3 is 2.61 bits per heavy atom. The molecule has 140 valence electrons. The van der Waals surface area contributed by atoms with Crippen molar-refractivity contribution in [2.45, 2.75) is 13.8 Å². The van der Waals surface area contributed by atoms with E-state index in [-0.39, 0.29) is 5.91 Å². The summed E-state index contributed by atoms with van der Waals surface area (Å²) in [6.07, 6.45) is 0. The minimum absolute atomic E-state index is 0.194. The van der Waals surface area contributed by atoms with Gasteiger partial charge < -0.3 is 4.74 Å². The maximum Gasteiger partial charge on any atom is 0.258 e. The predicted molar refractivity (Wildman–Crippen MR) is 113 cm³/mol. The first-order valence-corrected chi connectivity index (χ1v) is 9.88. The number of nitrogens with one attached hydrogen (secondary N) is 1. The maximum atomic E-state index is 13.0. The third-order valence-corrected chi connectivity index (χ3v) is 5.14. The molecule has 5 nitrogen and oxygen atoms in total. The predicted octanol–water partition coefficient (Wildman–Crippen LogP) is 5.32. The van der Waals surface area contributed by atoms with Crippen LogP contribution in [0.5, 0.6) is 5.75 Å². The molecule has 4 aromatic rings. The van der Waals surface area contributed by atoms with Crippen LogP contribution in [0.4, 0.5) is 5.13 Å². The zero-order chi connectivity index (χ0) is 19.5. The Bertz CT molecular complexity index is 1140. The minimum atomic E-state index is -0.194. The quantitative estimate of drug-likeness (QED) is 0.502. The molecule has 0 spiro atoms. The average molecular weight is 389 g/mol. The van der Waals surface area contributed by atoms with Crippen molar-refractivity contribution >= 4 is 33.3 Å². The fourth-order valence-electron chi connectivity index (χ4n) is 2.98. The zero-order valence-electron chi connectivity index (χ0n) is 15.6. The van der Waals surface area contributed by atoms with Gasteiger partial charge in [0.2, 0.25) is 0 Å². The van der Waals surface area contributed by atoms with E-state index in [1.807, 2.05) is 73.8 Å². The van der Waals surface area contributed by atoms with Crippen LogP contribution in [0.15, 0.2) is 60.0 Å². The van der Waals surface area contributed by atoms with Gasteiger partial charge in [0.1, 0.15) is 5.75 Å². The molecule has 2 aromatic heterocycles. The molecule has 0 bridgehead atoms. The highest BCUT2D eigenvalue weighted by Gasteiger charge is 2.15. The van der Waals surface area contributed by atoms with Gasteiger partial charge in [-0.25, -0.2) is 9.97 Å². The Morgan fingerprint density at radius 2 is 1.89 bits per heavy atom. The summed E-state index contributed by atoms with van der Waals surface area (Å²) in [5, 5.41) is 6.20. The molecule has 0 aliphatic heterocycles. The number of para-hydroxylation sites is 1. The van der Waals surface area contributed by atoms with Crippen LogP contribution in [0, 0.1) is 6.92 Å². The van der Waals surface area contributed by atoms with Gasteiger partial charge in [0, 0.05) is 16.3 Å². The van der Waals surface area contributed by atoms with E-state index >= 15 is 0 Å². The molecule has 6 heteroatoms. The van der Waals surface area contributed by atoms with Crippen LogP contribution in [0.25, 0.3) is 22.2 Å². The van der Waals surface area contributed by atoms with Crippen molar-refractivity contribution in [2.24, 2.45) is 0 Å². The molecular weight excluding hydrogens is 370 g/mol. The van der Waals surface area contributed by atoms with E-state index in [4.69, 9.17) is 9.72 Å². The van der Waals surface area contributed by atoms with E-state index in [0.29, 0.717) is 17.3 Å². The lowest BCUT2D eigenvalue weighted by atomic mass is 10.0. The number of carbonyl (C=O) groups excluding carboxylic acids is 1. The van der Waals surface area contributed by atoms with Gasteiger partial charge in [-0.1, -0.05) is 18.2 Å². The van der Waals surface area contributed by atoms with Crippen LogP contribution in [0.1, 0.15) is 23.0 Å². The van der Waals surface area contributed by atoms with Crippen LogP contribution in [-0.2, 0) is 0 Å². The first-order chi connectivity index (χ1) is 13.6. The summed E-state index contributed by atoms with van der Waals surface area (Å²) in [5.41, 5.74) is 3.89. The van der Waals surface area contributed by atoms with Gasteiger partial charge in [-0.2, -0.15) is 0 Å². The molecule has 2 aromatic carbocycles. The van der Waals surface area contributed by atoms with Gasteiger partial charge in [-0.3, -0.25) is 10.1 Å². The summed E-state index contributed by atoms with van der Waals surface area (Å²) in [6, 6.07) is 17.2. The lowest BCUT2D eigenvalue weighted by Gasteiger charge is -2.10. The second-order valence-electron chi connectivity index (χ2n) is 6.28. The summed E-state index contributed by atoms with van der Waals surface area (Å²) in [5.74, 6) is 0.615. The number of hydrogen-bond acceptors (Lipinski definition) is 5. The fraction of sp³-hybridized carbons (Fsp3) is 0.136. The number of thiazole rings is 1. The zero-order valence-corrected chi connectivity index (χ0v) is 16.4. The molecule has 0 radical (unpaired) electrons. The fourth-order valence-corrected chi connectivity index (χ4v) is 3.66. The van der Waals surface area contributed by atoms with Crippen LogP contribution in [0.2, 0.25) is 0 Å². The topological polar surface area (TPSA) is 64.1 Å². The van der Waals surface area contributed by atoms with Crippen LogP contribution in [-0.4, -0.2) is 22.5 Å². The van der Waals surface area contributed by atoms with Crippen LogP contribution >= 0.6 is 11.3 Å². The smallest absolute Gasteiger partial charge is 0.258 e. The van der Waals surface area contributed by atoms with Gasteiger partial charge in [0.25, 0.3) is 5.91 Å². The average Bonchev–Trinajstić information content (AvgIpc) is 3.12. The van der Waals surface area contributed by atoms with Crippen LogP contribution in [0.3, 0.4) is 0 Å². The highest BCUT2D eigenvalue weighted by molar-refractivity contribution is 7.13. The standard InChI is InChI=1S/C22H19N3O2S/c1-3-27-16-10-8-15(9-11-16)20-12-18(17-6-4-5-7-19(17)24-20)21(26)25-22-23-14(2)13-28-22/h4-13H,3H2,1-2H3,(H,23,25,26). The van der Waals surface area contributed by atoms with E-state index < -0.39 is 0 Å². The number of benzene rings is 2. The van der Waals surface area contributed by atoms with Crippen molar-refractivity contribution in [1.29, 1.82) is 0 Å². The van der Waals surface area contributed by atoms with Gasteiger partial charge in [0.05, 0.1) is 29.1 Å². The Morgan fingerprint density at radius 1 is 1.11 bits per heavy atom. The summed E-state index contributed by atoms with van der Waals surface area (Å²) in [7, 11) is 0. The number of aryl methyl sites for hydroxylation is 1. The van der Waals surface area contributed by atoms with Crippen molar-refractivity contribution in [3.05, 3.63) is 71.2 Å². The van der Waals surface area contributed by atoms with Gasteiger partial charge in [-0.05, 0) is 50.2 Å². The number of fused-ring (bicyclic) bond motifs is 1. The summed E-state index contributed by atoms with van der Waals surface area (Å²) < 4.78 is 5.51. The molecule has 0 unspecified atom stereocenters. The van der Waals surface area contributed by atoms with Crippen molar-refractivity contribution in [3.63, 3.8) is 0 Å². The molecule has 0 atom stereocenters. The van der Waals surface area contributed by atoms with Crippen molar-refractivity contribution in [2.75, 3.05) is 11.9 Å². The van der Waals surface area contributed by atoms with E-state index in [2.05, 4.69) is 10.3 Å². The third-order valence-electron chi connectivity index (χ3n) is 4.26. The molecule has 2 heterocycles. The van der Waals surface area contributed by atoms with Gasteiger partial charge in [0.15, 0.2) is 5.13 Å². The Kier molecular flexibility index (Phi) is 5.04. The number of anilines is 1. The number of hydrogen-bond donors (Lipinski definition) is 1. The molecule has 28 heavy (non-hydrogen) atoms. The number of rotatable bonds is 5. The monoisotopic (exact) mass is 389 g/mol. The Balaban J connectivity index is 1.75. The highest BCUT2D eigenvalue weighted by Crippen LogP contribution is 2.27. The van der Waals surface area contributed by atoms with Gasteiger partial charge >= 0.3 is 0 Å². The molecule has 1 amide bonds. The molecule has 1 N–H and O–H groups in total. The van der Waals surface area contributed by atoms with Crippen molar-refractivity contribution in [1.82, 2.24) is 9.97 Å². The summed E-state index contributed by atoms with van der Waals surface area (Å²) >= 11 is 1.41. The van der Waals surface area contributed by atoms with Crippen LogP contribution < -0.4 is 10.1 Å². The van der Waals surface area contributed by atoms with E-state index in [9.17, 15) is 4.79 Å². The largest absolute Gasteiger partial charge is 0.494 e. The molecule has 0 saturated heterocycles. The molecule has 0 fully saturated rings. The Labute approximate surface area is 167 Å². The number of amides is 1. The first-order valence-electron chi connectivity index (χ1n) is 9.00. The SMILES string of the molecule is CCOc1ccc(-c2cc(C(=O)Nc3nc(C)cs3)c3ccccc3n2)cc1. The second kappa shape index (κ2) is 7.78. The first kappa shape index (κ1) is 18.1. The Hall–Kier alpha value is -3.25. The lowest BCUT2D eigenvalue weighted by molar-refractivity contribution is 0.102. The van der Waals surface area contributed by atoms with E-state index in [0.717, 1.165) is 33.6 Å². The van der Waals surface area contributed by atoms with E-state index in [1.165, 1.54) is 11.3 Å². The number of carbonyl (C=O) groups is 1. The number of nitrogens with zero attached hydrogens (tertiary/aromatic N) is 2. The minimum Gasteiger partial charge on any atom is -0.494 e. The number of pyridine rings is 1. The highest BCUT2D eigenvalue weighted by atomic mass is 32.1. The third kappa shape index (κ3) is 3.73. The number of ether oxygens (including phenoxy) is 1. The van der Waals surface area contributed by atoms with Gasteiger partial charge in [-0.15, -0.1) is 11.3 Å². The second-order valence-corrected chi connectivity index (χ2v) is 7.14. The maximum absolute atomic E-state index is 13.0. The molecule has 4 rings (SSSR count). The van der Waals surface area contributed by atoms with E-state index in [1.54, 1.807) is 0 Å². The summed E-state index contributed by atoms with van der Waals surface area (Å²) in [6.45, 7) is 4.47. The van der Waals surface area contributed by atoms with Crippen molar-refractivity contribution < 1.29 is 9.53 Å². The molecule has 0 aliphatic rings. The van der Waals surface area contributed by atoms with Crippen molar-refractivity contribution in [3.8, 4) is 17.0 Å². The molecular formula is C22H19N3O2S. The normalized spacial score (nSPS) is 10.8. The lowest BCUT2D eigenvalue weighted by Crippen LogP contribution is -2.13. The summed E-state index contributed by atoms with van der Waals surface area (Å²) in [4.78, 5) is 22.0.